The van der Waals surface area contributed by atoms with E-state index in [1.165, 1.54) is 32.4 Å². The molecule has 2 aromatic carbocycles. The first kappa shape index (κ1) is 19.0. The topological polar surface area (TPSA) is 90.9 Å². The number of hydrogen-bond acceptors (Lipinski definition) is 6. The van der Waals surface area contributed by atoms with E-state index in [-0.39, 0.29) is 23.4 Å². The van der Waals surface area contributed by atoms with Gasteiger partial charge in [0.25, 0.3) is 5.91 Å². The second kappa shape index (κ2) is 8.66. The van der Waals surface area contributed by atoms with Crippen molar-refractivity contribution < 1.29 is 28.6 Å². The van der Waals surface area contributed by atoms with Gasteiger partial charge in [0.05, 0.1) is 31.0 Å². The van der Waals surface area contributed by atoms with E-state index in [9.17, 15) is 14.4 Å². The lowest BCUT2D eigenvalue weighted by Gasteiger charge is -2.12. The zero-order valence-corrected chi connectivity index (χ0v) is 14.7. The van der Waals surface area contributed by atoms with E-state index >= 15 is 0 Å². The van der Waals surface area contributed by atoms with E-state index in [1.54, 1.807) is 12.1 Å². The molecule has 0 aliphatic heterocycles. The summed E-state index contributed by atoms with van der Waals surface area (Å²) in [5.74, 6) is -1.14. The van der Waals surface area contributed by atoms with Crippen molar-refractivity contribution in [3.8, 4) is 5.75 Å². The molecular weight excluding hydrogens is 338 g/mol. The smallest absolute Gasteiger partial charge is 0.339 e. The van der Waals surface area contributed by atoms with Crippen LogP contribution in [-0.2, 0) is 14.3 Å². The van der Waals surface area contributed by atoms with Gasteiger partial charge in [-0.15, -0.1) is 0 Å². The number of aryl methyl sites for hydroxylation is 1. The van der Waals surface area contributed by atoms with E-state index in [2.05, 4.69) is 10.1 Å². The van der Waals surface area contributed by atoms with E-state index in [0.29, 0.717) is 5.75 Å². The van der Waals surface area contributed by atoms with Crippen LogP contribution in [0.4, 0.5) is 5.69 Å². The van der Waals surface area contributed by atoms with Gasteiger partial charge in [-0.3, -0.25) is 4.79 Å². The van der Waals surface area contributed by atoms with E-state index in [4.69, 9.17) is 9.47 Å². The fourth-order valence-electron chi connectivity index (χ4n) is 2.23. The average Bonchev–Trinajstić information content (AvgIpc) is 2.66. The van der Waals surface area contributed by atoms with Crippen molar-refractivity contribution in [2.45, 2.75) is 6.92 Å². The molecule has 0 bridgehead atoms. The van der Waals surface area contributed by atoms with Crippen LogP contribution < -0.4 is 10.1 Å². The molecule has 0 heterocycles. The second-order valence-corrected chi connectivity index (χ2v) is 5.35. The summed E-state index contributed by atoms with van der Waals surface area (Å²) in [5.41, 5.74) is 1.33. The summed E-state index contributed by atoms with van der Waals surface area (Å²) < 4.78 is 14.8. The maximum atomic E-state index is 12.2. The molecule has 0 fully saturated rings. The van der Waals surface area contributed by atoms with Crippen molar-refractivity contribution >= 4 is 23.5 Å². The minimum atomic E-state index is -0.642. The Hall–Kier alpha value is -3.35. The number of nitrogens with one attached hydrogen (secondary N) is 1. The predicted octanol–water partition coefficient (Wildman–Crippen LogP) is 2.59. The summed E-state index contributed by atoms with van der Waals surface area (Å²) in [6.45, 7) is 1.61. The van der Waals surface area contributed by atoms with Crippen LogP contribution >= 0.6 is 0 Å². The third-order valence-corrected chi connectivity index (χ3v) is 3.57. The highest BCUT2D eigenvalue weighted by Crippen LogP contribution is 2.20. The molecule has 1 amide bonds. The van der Waals surface area contributed by atoms with Crippen molar-refractivity contribution in [3.05, 3.63) is 59.2 Å². The van der Waals surface area contributed by atoms with Crippen LogP contribution in [0.3, 0.4) is 0 Å². The van der Waals surface area contributed by atoms with Gasteiger partial charge in [0.2, 0.25) is 0 Å². The molecule has 7 nitrogen and oxygen atoms in total. The van der Waals surface area contributed by atoms with Crippen molar-refractivity contribution in [1.82, 2.24) is 0 Å². The first-order valence-electron chi connectivity index (χ1n) is 7.75. The molecule has 0 aliphatic rings. The third-order valence-electron chi connectivity index (χ3n) is 3.57. The average molecular weight is 357 g/mol. The van der Waals surface area contributed by atoms with Crippen LogP contribution in [0.25, 0.3) is 0 Å². The van der Waals surface area contributed by atoms with Crippen molar-refractivity contribution in [3.63, 3.8) is 0 Å². The van der Waals surface area contributed by atoms with Gasteiger partial charge in [-0.1, -0.05) is 18.2 Å². The molecule has 7 heteroatoms. The normalized spacial score (nSPS) is 9.96. The number of carbonyl (C=O) groups excluding carboxylic acids is 3. The van der Waals surface area contributed by atoms with Gasteiger partial charge in [-0.25, -0.2) is 9.59 Å². The summed E-state index contributed by atoms with van der Waals surface area (Å²) in [4.78, 5) is 35.8. The molecule has 0 aliphatic carbocycles. The van der Waals surface area contributed by atoms with Crippen molar-refractivity contribution in [2.75, 3.05) is 26.1 Å². The number of methoxy groups -OCH3 is 2. The Morgan fingerprint density at radius 2 is 1.65 bits per heavy atom. The number of esters is 2. The first-order valence-corrected chi connectivity index (χ1v) is 7.75. The Labute approximate surface area is 150 Å². The lowest BCUT2D eigenvalue weighted by molar-refractivity contribution is -0.118. The maximum Gasteiger partial charge on any atom is 0.339 e. The van der Waals surface area contributed by atoms with E-state index in [1.807, 2.05) is 19.1 Å². The van der Waals surface area contributed by atoms with Gasteiger partial charge in [0.1, 0.15) is 5.75 Å². The highest BCUT2D eigenvalue weighted by molar-refractivity contribution is 6.03. The van der Waals surface area contributed by atoms with Crippen LogP contribution in [0.15, 0.2) is 42.5 Å². The molecule has 0 atom stereocenters. The molecule has 0 saturated heterocycles. The molecule has 136 valence electrons. The molecule has 26 heavy (non-hydrogen) atoms. The lowest BCUT2D eigenvalue weighted by atomic mass is 10.1. The fraction of sp³-hybridized carbons (Fsp3) is 0.211. The molecule has 0 aromatic heterocycles. The number of hydrogen-bond donors (Lipinski definition) is 1. The summed E-state index contributed by atoms with van der Waals surface area (Å²) in [7, 11) is 2.47. The van der Waals surface area contributed by atoms with Crippen LogP contribution in [0.2, 0.25) is 0 Å². The summed E-state index contributed by atoms with van der Waals surface area (Å²) >= 11 is 0. The van der Waals surface area contributed by atoms with E-state index in [0.717, 1.165) is 5.56 Å². The molecule has 0 unspecified atom stereocenters. The molecule has 0 spiro atoms. The zero-order valence-electron chi connectivity index (χ0n) is 14.7. The van der Waals surface area contributed by atoms with Gasteiger partial charge < -0.3 is 19.5 Å². The van der Waals surface area contributed by atoms with Gasteiger partial charge in [-0.2, -0.15) is 0 Å². The second-order valence-electron chi connectivity index (χ2n) is 5.35. The molecule has 2 rings (SSSR count). The Morgan fingerprint density at radius 1 is 0.962 bits per heavy atom. The third kappa shape index (κ3) is 4.60. The zero-order chi connectivity index (χ0) is 19.1. The molecular formula is C19H19NO6. The highest BCUT2D eigenvalue weighted by atomic mass is 16.5. The Morgan fingerprint density at radius 3 is 2.31 bits per heavy atom. The van der Waals surface area contributed by atoms with Crippen LogP contribution in [-0.4, -0.2) is 38.7 Å². The largest absolute Gasteiger partial charge is 0.483 e. The van der Waals surface area contributed by atoms with Gasteiger partial charge in [0, 0.05) is 0 Å². The Bertz CT molecular complexity index is 831. The molecule has 1 N–H and O–H groups in total. The number of anilines is 1. The van der Waals surface area contributed by atoms with E-state index < -0.39 is 17.8 Å². The number of para-hydroxylation sites is 1. The number of amides is 1. The fourth-order valence-corrected chi connectivity index (χ4v) is 2.23. The number of rotatable bonds is 6. The molecule has 0 radical (unpaired) electrons. The van der Waals surface area contributed by atoms with Crippen LogP contribution in [0.1, 0.15) is 26.3 Å². The Kier molecular flexibility index (Phi) is 6.32. The van der Waals surface area contributed by atoms with Crippen LogP contribution in [0.5, 0.6) is 5.75 Å². The quantitative estimate of drug-likeness (QED) is 0.799. The minimum absolute atomic E-state index is 0.115. The summed E-state index contributed by atoms with van der Waals surface area (Å²) in [6, 6.07) is 11.4. The minimum Gasteiger partial charge on any atom is -0.483 e. The van der Waals surface area contributed by atoms with Gasteiger partial charge in [-0.05, 0) is 36.8 Å². The number of benzene rings is 2. The number of ether oxygens (including phenoxy) is 3. The summed E-state index contributed by atoms with van der Waals surface area (Å²) in [6.07, 6.45) is 0. The first-order chi connectivity index (χ1) is 12.5. The highest BCUT2D eigenvalue weighted by Gasteiger charge is 2.17. The van der Waals surface area contributed by atoms with Crippen molar-refractivity contribution in [2.24, 2.45) is 0 Å². The van der Waals surface area contributed by atoms with Crippen molar-refractivity contribution in [1.29, 1.82) is 0 Å². The SMILES string of the molecule is COC(=O)c1ccc(C(=O)OC)c(NC(=O)COc2ccccc2C)c1. The number of carbonyl (C=O) groups is 3. The standard InChI is InChI=1S/C19H19NO6/c1-12-6-4-5-7-16(12)26-11-17(21)20-15-10-13(18(22)24-2)8-9-14(15)19(23)25-3/h4-10H,11H2,1-3H3,(H,20,21). The lowest BCUT2D eigenvalue weighted by Crippen LogP contribution is -2.22. The van der Waals surface area contributed by atoms with Gasteiger partial charge >= 0.3 is 11.9 Å². The van der Waals surface area contributed by atoms with Gasteiger partial charge in [0.15, 0.2) is 6.61 Å². The predicted molar refractivity (Wildman–Crippen MR) is 94.4 cm³/mol. The summed E-state index contributed by atoms with van der Waals surface area (Å²) in [5, 5.41) is 2.56. The molecule has 2 aromatic rings. The molecule has 0 saturated carbocycles. The monoisotopic (exact) mass is 357 g/mol. The maximum absolute atomic E-state index is 12.2. The van der Waals surface area contributed by atoms with Crippen LogP contribution in [0, 0.1) is 6.92 Å². The Balaban J connectivity index is 2.17.